The molecule has 0 bridgehead atoms. The number of ether oxygens (including phenoxy) is 2. The molecule has 26 heavy (non-hydrogen) atoms. The Kier molecular flexibility index (Phi) is 4.48. The van der Waals surface area contributed by atoms with Gasteiger partial charge in [-0.15, -0.1) is 0 Å². The van der Waals surface area contributed by atoms with E-state index in [1.807, 2.05) is 4.90 Å². The van der Waals surface area contributed by atoms with Gasteiger partial charge < -0.3 is 25.0 Å². The molecule has 0 aromatic heterocycles. The van der Waals surface area contributed by atoms with Crippen molar-refractivity contribution in [3.63, 3.8) is 0 Å². The second kappa shape index (κ2) is 6.79. The number of carbonyl (C=O) groups excluding carboxylic acids is 2. The molecule has 0 aliphatic carbocycles. The van der Waals surface area contributed by atoms with Crippen LogP contribution in [0.25, 0.3) is 0 Å². The Hall–Kier alpha value is -2.28. The molecule has 2 amide bonds. The Labute approximate surface area is 153 Å². The minimum Gasteiger partial charge on any atom is -0.497 e. The van der Waals surface area contributed by atoms with Gasteiger partial charge >= 0.3 is 0 Å². The molecule has 3 aliphatic rings. The molecule has 0 unspecified atom stereocenters. The first-order chi connectivity index (χ1) is 12.6. The van der Waals surface area contributed by atoms with Crippen molar-refractivity contribution < 1.29 is 19.1 Å². The molecule has 140 valence electrons. The van der Waals surface area contributed by atoms with Gasteiger partial charge in [-0.05, 0) is 50.4 Å². The summed E-state index contributed by atoms with van der Waals surface area (Å²) in [6.45, 7) is 2.53. The summed E-state index contributed by atoms with van der Waals surface area (Å²) in [5, 5.41) is 6.25. The Morgan fingerprint density at radius 3 is 3.04 bits per heavy atom. The number of hydrogen-bond acceptors (Lipinski definition) is 5. The van der Waals surface area contributed by atoms with E-state index in [4.69, 9.17) is 9.47 Å². The van der Waals surface area contributed by atoms with E-state index < -0.39 is 5.60 Å². The molecule has 0 saturated carbocycles. The van der Waals surface area contributed by atoms with Gasteiger partial charge in [-0.3, -0.25) is 9.59 Å². The number of rotatable bonds is 2. The number of hydrogen-bond donors (Lipinski definition) is 2. The number of likely N-dealkylation sites (tertiary alicyclic amines) is 1. The minimum absolute atomic E-state index is 0.0814. The number of nitrogens with one attached hydrogen (secondary N) is 2. The molecule has 1 spiro atoms. The van der Waals surface area contributed by atoms with Crippen LogP contribution < -0.4 is 20.1 Å². The van der Waals surface area contributed by atoms with Crippen LogP contribution in [0.1, 0.15) is 36.0 Å². The minimum atomic E-state index is -0.581. The van der Waals surface area contributed by atoms with Crippen LogP contribution in [0.4, 0.5) is 0 Å². The first-order valence-electron chi connectivity index (χ1n) is 9.28. The van der Waals surface area contributed by atoms with E-state index in [1.54, 1.807) is 25.3 Å². The monoisotopic (exact) mass is 359 g/mol. The van der Waals surface area contributed by atoms with Crippen molar-refractivity contribution in [2.45, 2.75) is 37.3 Å². The molecule has 2 N–H and O–H groups in total. The van der Waals surface area contributed by atoms with Crippen LogP contribution in [-0.2, 0) is 4.79 Å². The van der Waals surface area contributed by atoms with Gasteiger partial charge in [0.05, 0.1) is 31.8 Å². The van der Waals surface area contributed by atoms with Crippen molar-refractivity contribution in [2.24, 2.45) is 0 Å². The van der Waals surface area contributed by atoms with Crippen LogP contribution >= 0.6 is 0 Å². The second-order valence-electron chi connectivity index (χ2n) is 7.34. The van der Waals surface area contributed by atoms with Crippen LogP contribution in [-0.4, -0.2) is 61.6 Å². The second-order valence-corrected chi connectivity index (χ2v) is 7.34. The molecule has 2 fully saturated rings. The predicted octanol–water partition coefficient (Wildman–Crippen LogP) is 0.931. The Morgan fingerprint density at radius 2 is 2.27 bits per heavy atom. The van der Waals surface area contributed by atoms with E-state index >= 15 is 0 Å². The molecule has 3 heterocycles. The summed E-state index contributed by atoms with van der Waals surface area (Å²) in [6.07, 6.45) is 3.60. The van der Waals surface area contributed by atoms with Gasteiger partial charge in [0.15, 0.2) is 0 Å². The van der Waals surface area contributed by atoms with Gasteiger partial charge in [0.25, 0.3) is 5.91 Å². The maximum absolute atomic E-state index is 12.8. The zero-order chi connectivity index (χ0) is 18.1. The quantitative estimate of drug-likeness (QED) is 0.821. The molecule has 1 aromatic carbocycles. The summed E-state index contributed by atoms with van der Waals surface area (Å²) in [7, 11) is 1.57. The third-order valence-corrected chi connectivity index (χ3v) is 5.54. The van der Waals surface area contributed by atoms with E-state index in [2.05, 4.69) is 10.6 Å². The van der Waals surface area contributed by atoms with E-state index in [-0.39, 0.29) is 17.9 Å². The molecule has 3 aliphatic heterocycles. The lowest BCUT2D eigenvalue weighted by atomic mass is 9.91. The molecular weight excluding hydrogens is 334 g/mol. The third kappa shape index (κ3) is 3.11. The lowest BCUT2D eigenvalue weighted by Crippen LogP contribution is -2.59. The third-order valence-electron chi connectivity index (χ3n) is 5.54. The normalized spacial score (nSPS) is 28.1. The van der Waals surface area contributed by atoms with Gasteiger partial charge in [0.1, 0.15) is 17.1 Å². The molecular formula is C19H25N3O4. The highest BCUT2D eigenvalue weighted by atomic mass is 16.5. The van der Waals surface area contributed by atoms with Gasteiger partial charge in [0, 0.05) is 6.54 Å². The average molecular weight is 359 g/mol. The lowest BCUT2D eigenvalue weighted by Gasteiger charge is -2.42. The molecule has 0 radical (unpaired) electrons. The van der Waals surface area contributed by atoms with Crippen molar-refractivity contribution >= 4 is 11.8 Å². The number of amides is 2. The van der Waals surface area contributed by atoms with Crippen molar-refractivity contribution in [1.82, 2.24) is 15.5 Å². The number of methoxy groups -OCH3 is 1. The number of piperidine rings is 1. The van der Waals surface area contributed by atoms with Crippen molar-refractivity contribution in [3.8, 4) is 11.5 Å². The molecule has 2 saturated heterocycles. The van der Waals surface area contributed by atoms with E-state index in [9.17, 15) is 9.59 Å². The summed E-state index contributed by atoms with van der Waals surface area (Å²) in [6, 6.07) is 5.18. The Balaban J connectivity index is 1.57. The maximum atomic E-state index is 12.8. The van der Waals surface area contributed by atoms with E-state index in [1.165, 1.54) is 0 Å². The zero-order valence-electron chi connectivity index (χ0n) is 15.0. The van der Waals surface area contributed by atoms with Gasteiger partial charge in [0.2, 0.25) is 5.91 Å². The first-order valence-corrected chi connectivity index (χ1v) is 9.28. The highest BCUT2D eigenvalue weighted by Crippen LogP contribution is 2.34. The zero-order valence-corrected chi connectivity index (χ0v) is 15.0. The van der Waals surface area contributed by atoms with Crippen molar-refractivity contribution in [3.05, 3.63) is 23.8 Å². The van der Waals surface area contributed by atoms with Gasteiger partial charge in [-0.2, -0.15) is 0 Å². The SMILES string of the molecule is COc1ccc2c(c1)C(=O)NC[C@]1(CCCN(C(=O)[C@H]3CCCN3)C1)O2. The maximum Gasteiger partial charge on any atom is 0.255 e. The highest BCUT2D eigenvalue weighted by molar-refractivity contribution is 5.97. The van der Waals surface area contributed by atoms with Crippen LogP contribution in [0.2, 0.25) is 0 Å². The highest BCUT2D eigenvalue weighted by Gasteiger charge is 2.43. The topological polar surface area (TPSA) is 79.9 Å². The Morgan fingerprint density at radius 1 is 1.38 bits per heavy atom. The van der Waals surface area contributed by atoms with Crippen molar-refractivity contribution in [1.29, 1.82) is 0 Å². The average Bonchev–Trinajstić information content (AvgIpc) is 3.17. The molecule has 2 atom stereocenters. The van der Waals surface area contributed by atoms with Gasteiger partial charge in [-0.25, -0.2) is 0 Å². The number of carbonyl (C=O) groups is 2. The smallest absolute Gasteiger partial charge is 0.255 e. The molecule has 7 nitrogen and oxygen atoms in total. The molecule has 7 heteroatoms. The van der Waals surface area contributed by atoms with Crippen molar-refractivity contribution in [2.75, 3.05) is 33.3 Å². The summed E-state index contributed by atoms with van der Waals surface area (Å²) in [4.78, 5) is 27.2. The van der Waals surface area contributed by atoms with E-state index in [0.717, 1.165) is 38.8 Å². The summed E-state index contributed by atoms with van der Waals surface area (Å²) < 4.78 is 11.6. The summed E-state index contributed by atoms with van der Waals surface area (Å²) >= 11 is 0. The fraction of sp³-hybridized carbons (Fsp3) is 0.579. The van der Waals surface area contributed by atoms with Crippen LogP contribution in [0.3, 0.4) is 0 Å². The number of nitrogens with zero attached hydrogens (tertiary/aromatic N) is 1. The van der Waals surface area contributed by atoms with Gasteiger partial charge in [-0.1, -0.05) is 0 Å². The summed E-state index contributed by atoms with van der Waals surface area (Å²) in [5.74, 6) is 1.15. The number of fused-ring (bicyclic) bond motifs is 1. The molecule has 4 rings (SSSR count). The fourth-order valence-electron chi connectivity index (χ4n) is 4.14. The van der Waals surface area contributed by atoms with E-state index in [0.29, 0.717) is 30.2 Å². The largest absolute Gasteiger partial charge is 0.497 e. The predicted molar refractivity (Wildman–Crippen MR) is 95.5 cm³/mol. The molecule has 1 aromatic rings. The fourth-order valence-corrected chi connectivity index (χ4v) is 4.14. The summed E-state index contributed by atoms with van der Waals surface area (Å²) in [5.41, 5.74) is -0.107. The number of benzene rings is 1. The standard InChI is InChI=1S/C19H25N3O4/c1-25-13-5-6-16-14(10-13)17(23)21-11-19(26-16)7-3-9-22(12-19)18(24)15-4-2-8-20-15/h5-6,10,15,20H,2-4,7-9,11-12H2,1H3,(H,21,23)/t15-,19+/m1/s1. The van der Waals surface area contributed by atoms with Crippen LogP contribution in [0.5, 0.6) is 11.5 Å². The Bertz CT molecular complexity index is 717. The van der Waals surface area contributed by atoms with Crippen LogP contribution in [0, 0.1) is 0 Å². The first kappa shape index (κ1) is 17.1. The van der Waals surface area contributed by atoms with Crippen LogP contribution in [0.15, 0.2) is 18.2 Å². The lowest BCUT2D eigenvalue weighted by molar-refractivity contribution is -0.138.